The van der Waals surface area contributed by atoms with Crippen molar-refractivity contribution < 1.29 is 4.79 Å². The Morgan fingerprint density at radius 2 is 1.18 bits per heavy atom. The van der Waals surface area contributed by atoms with Crippen molar-refractivity contribution in [1.29, 1.82) is 0 Å². The van der Waals surface area contributed by atoms with Gasteiger partial charge in [-0.15, -0.1) is 0 Å². The molecular formula is C37H38O. The summed E-state index contributed by atoms with van der Waals surface area (Å²) in [4.78, 5) is 13.6. The molecule has 0 bridgehead atoms. The minimum absolute atomic E-state index is 0.188. The predicted octanol–water partition coefficient (Wildman–Crippen LogP) is 10.3. The number of ketones is 1. The highest BCUT2D eigenvalue weighted by molar-refractivity contribution is 6.38. The van der Waals surface area contributed by atoms with Gasteiger partial charge in [0.25, 0.3) is 0 Å². The average Bonchev–Trinajstić information content (AvgIpc) is 3.35. The Hall–Kier alpha value is -3.45. The van der Waals surface area contributed by atoms with Crippen molar-refractivity contribution in [3.8, 4) is 11.1 Å². The lowest BCUT2D eigenvalue weighted by Gasteiger charge is -2.20. The van der Waals surface area contributed by atoms with Gasteiger partial charge < -0.3 is 0 Å². The average molecular weight is 499 g/mol. The van der Waals surface area contributed by atoms with Crippen LogP contribution in [0.25, 0.3) is 43.8 Å². The van der Waals surface area contributed by atoms with E-state index in [1.165, 1.54) is 66.1 Å². The fourth-order valence-corrected chi connectivity index (χ4v) is 6.85. The first-order valence-electron chi connectivity index (χ1n) is 14.3. The quantitative estimate of drug-likeness (QED) is 0.267. The van der Waals surface area contributed by atoms with Gasteiger partial charge in [-0.05, 0) is 89.7 Å². The highest BCUT2D eigenvalue weighted by atomic mass is 16.1. The fraction of sp³-hybridized carbons (Fsp3) is 0.324. The minimum atomic E-state index is 0.188. The molecule has 0 saturated heterocycles. The molecule has 0 atom stereocenters. The van der Waals surface area contributed by atoms with Gasteiger partial charge in [-0.1, -0.05) is 116 Å². The third-order valence-electron chi connectivity index (χ3n) is 8.65. The van der Waals surface area contributed by atoms with Crippen molar-refractivity contribution in [1.82, 2.24) is 0 Å². The molecule has 4 aromatic rings. The number of allylic oxidation sites excluding steroid dienone is 4. The normalized spacial score (nSPS) is 15.1. The van der Waals surface area contributed by atoms with Gasteiger partial charge in [-0.2, -0.15) is 0 Å². The summed E-state index contributed by atoms with van der Waals surface area (Å²) in [6.07, 6.45) is 0. The van der Waals surface area contributed by atoms with E-state index in [4.69, 9.17) is 0 Å². The zero-order valence-corrected chi connectivity index (χ0v) is 24.0. The molecule has 0 radical (unpaired) electrons. The molecule has 0 N–H and O–H groups in total. The minimum Gasteiger partial charge on any atom is -0.289 e. The molecule has 1 nitrogen and oxygen atoms in total. The number of Topliss-reactive ketones (excluding diaryl/α,β-unsaturated/α-hetero) is 1. The first-order valence-corrected chi connectivity index (χ1v) is 14.3. The van der Waals surface area contributed by atoms with Crippen LogP contribution in [0.4, 0.5) is 0 Å². The lowest BCUT2D eigenvalue weighted by molar-refractivity contribution is -0.112. The number of benzene rings is 4. The van der Waals surface area contributed by atoms with Crippen LogP contribution in [0.2, 0.25) is 0 Å². The standard InChI is InChI=1S/C37H38O/c1-19(2)23-12-15-26-24(18-23)13-14-25(20(3)4)33(26)28-16-17-30-34-27(28)10-9-11-29(34)35-31(21(5)6)37(38)32(22(7)8)36(30)35/h9-22H,1-8H3. The van der Waals surface area contributed by atoms with Gasteiger partial charge in [0, 0.05) is 11.1 Å². The van der Waals surface area contributed by atoms with Crippen molar-refractivity contribution in [2.75, 3.05) is 0 Å². The molecule has 0 aliphatic heterocycles. The molecule has 4 aromatic carbocycles. The summed E-state index contributed by atoms with van der Waals surface area (Å²) in [6.45, 7) is 17.7. The molecular weight excluding hydrogens is 460 g/mol. The summed E-state index contributed by atoms with van der Waals surface area (Å²) in [7, 11) is 0. The lowest BCUT2D eigenvalue weighted by atomic mass is 9.84. The number of hydrogen-bond donors (Lipinski definition) is 0. The van der Waals surface area contributed by atoms with Crippen LogP contribution in [-0.2, 0) is 4.79 Å². The van der Waals surface area contributed by atoms with E-state index in [0.29, 0.717) is 11.8 Å². The number of carbonyl (C=O) groups excluding carboxylic acids is 1. The van der Waals surface area contributed by atoms with E-state index < -0.39 is 0 Å². The molecule has 2 aliphatic rings. The molecule has 192 valence electrons. The van der Waals surface area contributed by atoms with E-state index in [2.05, 4.69) is 116 Å². The first-order chi connectivity index (χ1) is 18.1. The van der Waals surface area contributed by atoms with Gasteiger partial charge in [-0.3, -0.25) is 4.79 Å². The monoisotopic (exact) mass is 498 g/mol. The van der Waals surface area contributed by atoms with Gasteiger partial charge in [0.2, 0.25) is 0 Å². The van der Waals surface area contributed by atoms with Crippen LogP contribution in [0, 0.1) is 11.8 Å². The largest absolute Gasteiger partial charge is 0.289 e. The second kappa shape index (κ2) is 8.80. The molecule has 0 aromatic heterocycles. The second-order valence-electron chi connectivity index (χ2n) is 12.4. The molecule has 0 amide bonds. The SMILES string of the molecule is CC(C)C1=C2C(=C(C(C)C)C1=O)c1ccc(-c3c(C(C)C)ccc4cc(C(C)C)ccc34)c3cccc2c13. The van der Waals surface area contributed by atoms with Crippen molar-refractivity contribution >= 4 is 38.5 Å². The molecule has 0 spiro atoms. The number of hydrogen-bond acceptors (Lipinski definition) is 1. The zero-order valence-electron chi connectivity index (χ0n) is 24.0. The highest BCUT2D eigenvalue weighted by Gasteiger charge is 2.40. The smallest absolute Gasteiger partial charge is 0.186 e. The Labute approximate surface area is 227 Å². The Bertz CT molecular complexity index is 1680. The third-order valence-corrected chi connectivity index (χ3v) is 8.65. The van der Waals surface area contributed by atoms with Gasteiger partial charge in [0.05, 0.1) is 0 Å². The van der Waals surface area contributed by atoms with Crippen LogP contribution >= 0.6 is 0 Å². The third kappa shape index (κ3) is 3.40. The van der Waals surface area contributed by atoms with Gasteiger partial charge in [-0.25, -0.2) is 0 Å². The van der Waals surface area contributed by atoms with Gasteiger partial charge in [0.15, 0.2) is 5.78 Å². The zero-order chi connectivity index (χ0) is 27.0. The van der Waals surface area contributed by atoms with E-state index in [-0.39, 0.29) is 17.6 Å². The van der Waals surface area contributed by atoms with E-state index >= 15 is 0 Å². The van der Waals surface area contributed by atoms with E-state index in [0.717, 1.165) is 11.1 Å². The Morgan fingerprint density at radius 3 is 1.79 bits per heavy atom. The first kappa shape index (κ1) is 24.9. The second-order valence-corrected chi connectivity index (χ2v) is 12.4. The van der Waals surface area contributed by atoms with Gasteiger partial charge >= 0.3 is 0 Å². The molecule has 1 heteroatoms. The summed E-state index contributed by atoms with van der Waals surface area (Å²) in [5, 5.41) is 5.22. The van der Waals surface area contributed by atoms with E-state index in [9.17, 15) is 4.79 Å². The molecule has 6 rings (SSSR count). The Kier molecular flexibility index (Phi) is 5.76. The topological polar surface area (TPSA) is 17.1 Å². The number of rotatable bonds is 5. The fourth-order valence-electron chi connectivity index (χ4n) is 6.85. The molecule has 2 aliphatic carbocycles. The van der Waals surface area contributed by atoms with Crippen molar-refractivity contribution in [3.05, 3.63) is 94.1 Å². The van der Waals surface area contributed by atoms with Crippen LogP contribution < -0.4 is 0 Å². The van der Waals surface area contributed by atoms with Crippen LogP contribution in [-0.4, -0.2) is 5.78 Å². The Balaban J connectivity index is 1.72. The van der Waals surface area contributed by atoms with E-state index in [1.807, 2.05) is 0 Å². The molecule has 0 unspecified atom stereocenters. The molecule has 0 saturated carbocycles. The van der Waals surface area contributed by atoms with Crippen molar-refractivity contribution in [3.63, 3.8) is 0 Å². The number of fused-ring (bicyclic) bond motifs is 4. The molecule has 38 heavy (non-hydrogen) atoms. The van der Waals surface area contributed by atoms with Crippen LogP contribution in [0.1, 0.15) is 89.5 Å². The predicted molar refractivity (Wildman–Crippen MR) is 164 cm³/mol. The van der Waals surface area contributed by atoms with Crippen LogP contribution in [0.15, 0.2) is 71.8 Å². The maximum absolute atomic E-state index is 13.6. The maximum atomic E-state index is 13.6. The summed E-state index contributed by atoms with van der Waals surface area (Å²) >= 11 is 0. The van der Waals surface area contributed by atoms with E-state index in [1.54, 1.807) is 0 Å². The Morgan fingerprint density at radius 1 is 0.553 bits per heavy atom. The summed E-state index contributed by atoms with van der Waals surface area (Å²) in [5.41, 5.74) is 12.2. The lowest BCUT2D eigenvalue weighted by Crippen LogP contribution is -2.12. The maximum Gasteiger partial charge on any atom is 0.186 e. The number of carbonyl (C=O) groups is 1. The highest BCUT2D eigenvalue weighted by Crippen LogP contribution is 2.56. The summed E-state index contributed by atoms with van der Waals surface area (Å²) in [6, 6.07) is 23.0. The summed E-state index contributed by atoms with van der Waals surface area (Å²) < 4.78 is 0. The van der Waals surface area contributed by atoms with Gasteiger partial charge in [0.1, 0.15) is 0 Å². The van der Waals surface area contributed by atoms with Crippen LogP contribution in [0.3, 0.4) is 0 Å². The molecule has 0 fully saturated rings. The summed E-state index contributed by atoms with van der Waals surface area (Å²) in [5.74, 6) is 1.54. The molecule has 0 heterocycles. The van der Waals surface area contributed by atoms with Crippen LogP contribution in [0.5, 0.6) is 0 Å². The van der Waals surface area contributed by atoms with Crippen molar-refractivity contribution in [2.45, 2.75) is 67.2 Å². The van der Waals surface area contributed by atoms with Crippen molar-refractivity contribution in [2.24, 2.45) is 11.8 Å².